The molecule has 0 aliphatic carbocycles. The molecule has 3 aromatic heterocycles. The van der Waals surface area contributed by atoms with E-state index in [0.29, 0.717) is 33.5 Å². The lowest BCUT2D eigenvalue weighted by Gasteiger charge is -2.21. The van der Waals surface area contributed by atoms with E-state index in [9.17, 15) is 9.18 Å². The molecular weight excluding hydrogens is 456 g/mol. The van der Waals surface area contributed by atoms with Gasteiger partial charge in [-0.1, -0.05) is 35.3 Å². The second-order valence-electron chi connectivity index (χ2n) is 7.01. The van der Waals surface area contributed by atoms with Crippen LogP contribution in [-0.2, 0) is 0 Å². The summed E-state index contributed by atoms with van der Waals surface area (Å²) in [5.41, 5.74) is 1.22. The molecule has 0 radical (unpaired) electrons. The second-order valence-corrected chi connectivity index (χ2v) is 7.79. The Labute approximate surface area is 190 Å². The quantitative estimate of drug-likeness (QED) is 0.396. The third kappa shape index (κ3) is 3.26. The minimum atomic E-state index is -0.704. The van der Waals surface area contributed by atoms with E-state index >= 15 is 0 Å². The molecule has 3 heterocycles. The lowest BCUT2D eigenvalue weighted by molar-refractivity contribution is 0.629. The second kappa shape index (κ2) is 7.85. The first-order chi connectivity index (χ1) is 15.5. The van der Waals surface area contributed by atoms with Gasteiger partial charge in [-0.3, -0.25) is 9.36 Å². The first-order valence-corrected chi connectivity index (χ1v) is 10.3. The van der Waals surface area contributed by atoms with Gasteiger partial charge in [0.05, 0.1) is 39.0 Å². The largest absolute Gasteiger partial charge is 0.358 e. The van der Waals surface area contributed by atoms with Crippen molar-refractivity contribution in [1.82, 2.24) is 29.5 Å². The highest BCUT2D eigenvalue weighted by molar-refractivity contribution is 6.35. The number of benzene rings is 2. The van der Waals surface area contributed by atoms with Gasteiger partial charge < -0.3 is 10.3 Å². The standard InChI is InChI=1S/C21H14Cl2FN7O/c1-10(29-19-17-18(26-8-25-17)27-9-28-19)20-30-13-7-6-12(24)16(23)15(13)21(32)31(20)14-5-3-2-4-11(14)22/h2-10H,1H3,(H2,25,26,27,28,29)/t10-/m0/s1. The minimum absolute atomic E-state index is 0.0285. The molecule has 32 heavy (non-hydrogen) atoms. The predicted octanol–water partition coefficient (Wildman–Crippen LogP) is 4.67. The molecule has 0 amide bonds. The average Bonchev–Trinajstić information content (AvgIpc) is 3.27. The van der Waals surface area contributed by atoms with Crippen molar-refractivity contribution in [2.75, 3.05) is 5.32 Å². The zero-order chi connectivity index (χ0) is 22.4. The number of H-pyrrole nitrogens is 1. The molecule has 0 unspecified atom stereocenters. The third-order valence-electron chi connectivity index (χ3n) is 5.00. The highest BCUT2D eigenvalue weighted by Gasteiger charge is 2.22. The summed E-state index contributed by atoms with van der Waals surface area (Å²) in [5, 5.41) is 3.24. The van der Waals surface area contributed by atoms with Crippen LogP contribution in [-0.4, -0.2) is 29.5 Å². The molecule has 0 saturated heterocycles. The van der Waals surface area contributed by atoms with Crippen molar-refractivity contribution >= 4 is 51.1 Å². The number of hydrogen-bond donors (Lipinski definition) is 2. The Hall–Kier alpha value is -3.56. The Balaban J connectivity index is 1.75. The lowest BCUT2D eigenvalue weighted by Crippen LogP contribution is -2.28. The monoisotopic (exact) mass is 469 g/mol. The topological polar surface area (TPSA) is 101 Å². The first kappa shape index (κ1) is 20.3. The zero-order valence-corrected chi connectivity index (χ0v) is 18.0. The van der Waals surface area contributed by atoms with Gasteiger partial charge in [-0.05, 0) is 31.2 Å². The summed E-state index contributed by atoms with van der Waals surface area (Å²) in [5.74, 6) is 0.0890. The van der Waals surface area contributed by atoms with Crippen molar-refractivity contribution in [1.29, 1.82) is 0 Å². The Kier molecular flexibility index (Phi) is 4.99. The molecule has 160 valence electrons. The van der Waals surface area contributed by atoms with Crippen molar-refractivity contribution < 1.29 is 4.39 Å². The molecule has 5 rings (SSSR count). The summed E-state index contributed by atoms with van der Waals surface area (Å²) in [4.78, 5) is 33.7. The van der Waals surface area contributed by atoms with Crippen molar-refractivity contribution in [2.45, 2.75) is 13.0 Å². The number of nitrogens with zero attached hydrogens (tertiary/aromatic N) is 5. The Morgan fingerprint density at radius 3 is 2.75 bits per heavy atom. The molecule has 0 fully saturated rings. The molecular formula is C21H14Cl2FN7O. The number of imidazole rings is 1. The number of hydrogen-bond acceptors (Lipinski definition) is 6. The van der Waals surface area contributed by atoms with Gasteiger partial charge in [-0.15, -0.1) is 0 Å². The number of aromatic nitrogens is 6. The maximum absolute atomic E-state index is 14.1. The van der Waals surface area contributed by atoms with Crippen LogP contribution >= 0.6 is 23.2 Å². The summed E-state index contributed by atoms with van der Waals surface area (Å²) in [6.45, 7) is 1.81. The predicted molar refractivity (Wildman–Crippen MR) is 121 cm³/mol. The van der Waals surface area contributed by atoms with Crippen molar-refractivity contribution in [2.24, 2.45) is 0 Å². The molecule has 2 aromatic carbocycles. The first-order valence-electron chi connectivity index (χ1n) is 9.52. The van der Waals surface area contributed by atoms with E-state index in [0.717, 1.165) is 0 Å². The molecule has 1 atom stereocenters. The van der Waals surface area contributed by atoms with Crippen LogP contribution in [0.15, 0.2) is 53.8 Å². The van der Waals surface area contributed by atoms with Crippen LogP contribution in [0.3, 0.4) is 0 Å². The van der Waals surface area contributed by atoms with Crippen molar-refractivity contribution in [3.8, 4) is 5.69 Å². The van der Waals surface area contributed by atoms with Gasteiger partial charge in [-0.25, -0.2) is 24.3 Å². The van der Waals surface area contributed by atoms with Crippen LogP contribution in [0.1, 0.15) is 18.8 Å². The minimum Gasteiger partial charge on any atom is -0.358 e. The number of rotatable bonds is 4. The lowest BCUT2D eigenvalue weighted by atomic mass is 10.2. The van der Waals surface area contributed by atoms with Gasteiger partial charge in [0.1, 0.15) is 23.5 Å². The highest BCUT2D eigenvalue weighted by atomic mass is 35.5. The molecule has 0 bridgehead atoms. The maximum atomic E-state index is 14.1. The van der Waals surface area contributed by atoms with Gasteiger partial charge in [0.25, 0.3) is 5.56 Å². The number of fused-ring (bicyclic) bond motifs is 2. The smallest absolute Gasteiger partial charge is 0.267 e. The van der Waals surface area contributed by atoms with Crippen LogP contribution in [0.2, 0.25) is 10.0 Å². The summed E-state index contributed by atoms with van der Waals surface area (Å²) in [6.07, 6.45) is 2.91. The molecule has 0 saturated carbocycles. The fourth-order valence-electron chi connectivity index (χ4n) is 3.52. The summed E-state index contributed by atoms with van der Waals surface area (Å²) in [6, 6.07) is 8.89. The number of aromatic amines is 1. The number of halogens is 3. The van der Waals surface area contributed by atoms with Crippen molar-refractivity contribution in [3.05, 3.63) is 81.1 Å². The third-order valence-corrected chi connectivity index (χ3v) is 5.69. The fourth-order valence-corrected chi connectivity index (χ4v) is 3.98. The molecule has 11 heteroatoms. The number of para-hydroxylation sites is 1. The van der Waals surface area contributed by atoms with Gasteiger partial charge in [-0.2, -0.15) is 0 Å². The van der Waals surface area contributed by atoms with E-state index in [1.54, 1.807) is 24.3 Å². The molecule has 2 N–H and O–H groups in total. The average molecular weight is 470 g/mol. The summed E-state index contributed by atoms with van der Waals surface area (Å²) >= 11 is 12.5. The van der Waals surface area contributed by atoms with Crippen LogP contribution in [0.4, 0.5) is 10.2 Å². The van der Waals surface area contributed by atoms with Gasteiger partial charge in [0, 0.05) is 0 Å². The van der Waals surface area contributed by atoms with E-state index in [4.69, 9.17) is 23.2 Å². The Bertz CT molecular complexity index is 1550. The van der Waals surface area contributed by atoms with Crippen molar-refractivity contribution in [3.63, 3.8) is 0 Å². The number of nitrogens with one attached hydrogen (secondary N) is 2. The normalized spacial score (nSPS) is 12.4. The van der Waals surface area contributed by atoms with E-state index in [1.165, 1.54) is 29.4 Å². The molecule has 0 aliphatic rings. The molecule has 8 nitrogen and oxygen atoms in total. The van der Waals surface area contributed by atoms with Gasteiger partial charge in [0.2, 0.25) is 0 Å². The van der Waals surface area contributed by atoms with Gasteiger partial charge >= 0.3 is 0 Å². The zero-order valence-electron chi connectivity index (χ0n) is 16.5. The number of anilines is 1. The summed E-state index contributed by atoms with van der Waals surface area (Å²) in [7, 11) is 0. The maximum Gasteiger partial charge on any atom is 0.267 e. The summed E-state index contributed by atoms with van der Waals surface area (Å²) < 4.78 is 15.5. The van der Waals surface area contributed by atoms with Crippen LogP contribution in [0.5, 0.6) is 0 Å². The van der Waals surface area contributed by atoms with E-state index in [1.807, 2.05) is 6.92 Å². The van der Waals surface area contributed by atoms with E-state index in [2.05, 4.69) is 30.2 Å². The fraction of sp³-hybridized carbons (Fsp3) is 0.0952. The highest BCUT2D eigenvalue weighted by Crippen LogP contribution is 2.29. The molecule has 5 aromatic rings. The van der Waals surface area contributed by atoms with Crippen LogP contribution < -0.4 is 10.9 Å². The Morgan fingerprint density at radius 1 is 1.12 bits per heavy atom. The SMILES string of the molecule is C[C@H](Nc1ncnc2[nH]cnc12)c1nc2ccc(F)c(Cl)c2c(=O)n1-c1ccccc1Cl. The van der Waals surface area contributed by atoms with E-state index in [-0.39, 0.29) is 15.9 Å². The van der Waals surface area contributed by atoms with Crippen LogP contribution in [0, 0.1) is 5.82 Å². The van der Waals surface area contributed by atoms with Gasteiger partial charge in [0.15, 0.2) is 11.5 Å². The van der Waals surface area contributed by atoms with Crippen LogP contribution in [0.25, 0.3) is 27.8 Å². The molecule has 0 aliphatic heterocycles. The Morgan fingerprint density at radius 2 is 1.94 bits per heavy atom. The van der Waals surface area contributed by atoms with E-state index < -0.39 is 17.4 Å². The molecule has 0 spiro atoms.